The van der Waals surface area contributed by atoms with Crippen LogP contribution in [0.1, 0.15) is 51.7 Å². The van der Waals surface area contributed by atoms with Crippen molar-refractivity contribution in [3.63, 3.8) is 0 Å². The lowest BCUT2D eigenvalue weighted by atomic mass is 9.99. The van der Waals surface area contributed by atoms with Gasteiger partial charge < -0.3 is 14.7 Å². The van der Waals surface area contributed by atoms with Crippen molar-refractivity contribution >= 4 is 0 Å². The van der Waals surface area contributed by atoms with Gasteiger partial charge in [0.15, 0.2) is 0 Å². The summed E-state index contributed by atoms with van der Waals surface area (Å²) >= 11 is 0. The summed E-state index contributed by atoms with van der Waals surface area (Å²) in [6.07, 6.45) is 3.06. The Morgan fingerprint density at radius 1 is 1.27 bits per heavy atom. The number of aliphatic hydroxyl groups excluding tert-OH is 1. The molecule has 1 saturated heterocycles. The molecular weight excluding hydrogens is 274 g/mol. The van der Waals surface area contributed by atoms with E-state index in [0.717, 1.165) is 36.8 Å². The Bertz CT molecular complexity index is 430. The van der Waals surface area contributed by atoms with E-state index in [1.165, 1.54) is 25.9 Å². The third-order valence-corrected chi connectivity index (χ3v) is 4.31. The first kappa shape index (κ1) is 17.3. The van der Waals surface area contributed by atoms with E-state index in [4.69, 9.17) is 4.74 Å². The van der Waals surface area contributed by atoms with Crippen LogP contribution in [0.4, 0.5) is 0 Å². The number of likely N-dealkylation sites (tertiary alicyclic amines) is 1. The molecule has 1 N–H and O–H groups in total. The smallest absolute Gasteiger partial charge is 0.119 e. The largest absolute Gasteiger partial charge is 0.493 e. The van der Waals surface area contributed by atoms with Gasteiger partial charge in [0.05, 0.1) is 12.7 Å². The highest BCUT2D eigenvalue weighted by Gasteiger charge is 2.17. The van der Waals surface area contributed by atoms with Crippen molar-refractivity contribution in [2.75, 3.05) is 26.2 Å². The van der Waals surface area contributed by atoms with E-state index >= 15 is 0 Å². The minimum absolute atomic E-state index is 0.378. The highest BCUT2D eigenvalue weighted by atomic mass is 16.5. The Morgan fingerprint density at radius 3 is 2.64 bits per heavy atom. The zero-order chi connectivity index (χ0) is 15.9. The zero-order valence-corrected chi connectivity index (χ0v) is 14.3. The molecule has 3 heteroatoms. The number of aliphatic hydroxyl groups is 1. The highest BCUT2D eigenvalue weighted by molar-refractivity contribution is 5.28. The first-order valence-corrected chi connectivity index (χ1v) is 8.67. The van der Waals surface area contributed by atoms with Crippen molar-refractivity contribution < 1.29 is 9.84 Å². The molecule has 2 atom stereocenters. The maximum atomic E-state index is 10.4. The molecule has 1 fully saturated rings. The highest BCUT2D eigenvalue weighted by Crippen LogP contribution is 2.22. The Balaban J connectivity index is 1.78. The van der Waals surface area contributed by atoms with Gasteiger partial charge >= 0.3 is 0 Å². The van der Waals surface area contributed by atoms with Crippen molar-refractivity contribution in [1.82, 2.24) is 4.90 Å². The van der Waals surface area contributed by atoms with Crippen molar-refractivity contribution in [1.29, 1.82) is 0 Å². The summed E-state index contributed by atoms with van der Waals surface area (Å²) in [5, 5.41) is 10.4. The minimum atomic E-state index is -0.378. The second-order valence-electron chi connectivity index (χ2n) is 7.13. The summed E-state index contributed by atoms with van der Waals surface area (Å²) in [6, 6.07) is 7.89. The second kappa shape index (κ2) is 8.54. The average molecular weight is 305 g/mol. The van der Waals surface area contributed by atoms with Gasteiger partial charge in [-0.15, -0.1) is 0 Å². The van der Waals surface area contributed by atoms with Gasteiger partial charge in [0.25, 0.3) is 0 Å². The SMILES string of the molecule is CC(C)COc1ccc(C(O)CCN2CCCC(C)C2)cc1. The minimum Gasteiger partial charge on any atom is -0.493 e. The predicted molar refractivity (Wildman–Crippen MR) is 91.2 cm³/mol. The lowest BCUT2D eigenvalue weighted by Gasteiger charge is -2.31. The van der Waals surface area contributed by atoms with Gasteiger partial charge in [-0.1, -0.05) is 32.9 Å². The van der Waals surface area contributed by atoms with Crippen molar-refractivity contribution in [3.05, 3.63) is 29.8 Å². The maximum Gasteiger partial charge on any atom is 0.119 e. The van der Waals surface area contributed by atoms with Gasteiger partial charge in [-0.25, -0.2) is 0 Å². The fourth-order valence-electron chi connectivity index (χ4n) is 3.01. The number of nitrogens with zero attached hydrogens (tertiary/aromatic N) is 1. The number of benzene rings is 1. The number of ether oxygens (including phenoxy) is 1. The second-order valence-corrected chi connectivity index (χ2v) is 7.13. The predicted octanol–water partition coefficient (Wildman–Crippen LogP) is 3.88. The third-order valence-electron chi connectivity index (χ3n) is 4.31. The van der Waals surface area contributed by atoms with Gasteiger partial charge in [-0.05, 0) is 55.3 Å². The number of piperidine rings is 1. The molecule has 1 aliphatic heterocycles. The van der Waals surface area contributed by atoms with Gasteiger partial charge in [-0.3, -0.25) is 0 Å². The van der Waals surface area contributed by atoms with Crippen LogP contribution in [0.2, 0.25) is 0 Å². The molecule has 0 aromatic heterocycles. The molecule has 0 radical (unpaired) electrons. The number of hydrogen-bond donors (Lipinski definition) is 1. The molecule has 0 saturated carbocycles. The summed E-state index contributed by atoms with van der Waals surface area (Å²) in [5.41, 5.74) is 0.988. The van der Waals surface area contributed by atoms with Crippen LogP contribution in [0.5, 0.6) is 5.75 Å². The molecule has 3 nitrogen and oxygen atoms in total. The summed E-state index contributed by atoms with van der Waals surface area (Å²) < 4.78 is 5.68. The molecule has 2 unspecified atom stereocenters. The van der Waals surface area contributed by atoms with Crippen LogP contribution in [0.25, 0.3) is 0 Å². The standard InChI is InChI=1S/C19H31NO2/c1-15(2)14-22-18-8-6-17(7-9-18)19(21)10-12-20-11-4-5-16(3)13-20/h6-9,15-16,19,21H,4-5,10-14H2,1-3H3. The maximum absolute atomic E-state index is 10.4. The van der Waals surface area contributed by atoms with Crippen LogP contribution in [0.15, 0.2) is 24.3 Å². The molecule has 1 aromatic carbocycles. The summed E-state index contributed by atoms with van der Waals surface area (Å²) in [7, 11) is 0. The fraction of sp³-hybridized carbons (Fsp3) is 0.684. The third kappa shape index (κ3) is 5.62. The van der Waals surface area contributed by atoms with Crippen LogP contribution in [0.3, 0.4) is 0 Å². The fourth-order valence-corrected chi connectivity index (χ4v) is 3.01. The summed E-state index contributed by atoms with van der Waals surface area (Å²) in [4.78, 5) is 2.48. The van der Waals surface area contributed by atoms with E-state index in [1.54, 1.807) is 0 Å². The van der Waals surface area contributed by atoms with E-state index in [2.05, 4.69) is 25.7 Å². The zero-order valence-electron chi connectivity index (χ0n) is 14.3. The van der Waals surface area contributed by atoms with Gasteiger partial charge in [0.2, 0.25) is 0 Å². The van der Waals surface area contributed by atoms with Crippen molar-refractivity contribution in [3.8, 4) is 5.75 Å². The monoisotopic (exact) mass is 305 g/mol. The Hall–Kier alpha value is -1.06. The van der Waals surface area contributed by atoms with Gasteiger partial charge in [0.1, 0.15) is 5.75 Å². The molecule has 0 bridgehead atoms. The summed E-state index contributed by atoms with van der Waals surface area (Å²) in [6.45, 7) is 10.7. The quantitative estimate of drug-likeness (QED) is 0.830. The van der Waals surface area contributed by atoms with E-state index in [-0.39, 0.29) is 6.10 Å². The van der Waals surface area contributed by atoms with Crippen LogP contribution in [-0.4, -0.2) is 36.2 Å². The molecule has 0 aliphatic carbocycles. The van der Waals surface area contributed by atoms with E-state index < -0.39 is 0 Å². The Labute approximate surface area is 135 Å². The lowest BCUT2D eigenvalue weighted by Crippen LogP contribution is -2.35. The normalized spacial score (nSPS) is 21.0. The molecule has 1 aromatic rings. The van der Waals surface area contributed by atoms with Crippen molar-refractivity contribution in [2.45, 2.75) is 46.1 Å². The molecule has 2 rings (SSSR count). The molecule has 1 aliphatic rings. The van der Waals surface area contributed by atoms with Gasteiger partial charge in [-0.2, -0.15) is 0 Å². The van der Waals surface area contributed by atoms with Crippen LogP contribution < -0.4 is 4.74 Å². The van der Waals surface area contributed by atoms with Crippen LogP contribution in [0, 0.1) is 11.8 Å². The van der Waals surface area contributed by atoms with E-state index in [1.807, 2.05) is 24.3 Å². The molecule has 0 spiro atoms. The Kier molecular flexibility index (Phi) is 6.71. The van der Waals surface area contributed by atoms with Gasteiger partial charge in [0, 0.05) is 13.1 Å². The topological polar surface area (TPSA) is 32.7 Å². The molecule has 124 valence electrons. The molecule has 0 amide bonds. The molecular formula is C19H31NO2. The average Bonchev–Trinajstić information content (AvgIpc) is 2.51. The van der Waals surface area contributed by atoms with Crippen molar-refractivity contribution in [2.24, 2.45) is 11.8 Å². The van der Waals surface area contributed by atoms with Crippen LogP contribution >= 0.6 is 0 Å². The Morgan fingerprint density at radius 2 is 2.00 bits per heavy atom. The van der Waals surface area contributed by atoms with E-state index in [9.17, 15) is 5.11 Å². The number of hydrogen-bond acceptors (Lipinski definition) is 3. The number of rotatable bonds is 7. The van der Waals surface area contributed by atoms with E-state index in [0.29, 0.717) is 5.92 Å². The first-order valence-electron chi connectivity index (χ1n) is 8.67. The molecule has 1 heterocycles. The molecule has 22 heavy (non-hydrogen) atoms. The van der Waals surface area contributed by atoms with Crippen LogP contribution in [-0.2, 0) is 0 Å². The summed E-state index contributed by atoms with van der Waals surface area (Å²) in [5.74, 6) is 2.20. The first-order chi connectivity index (χ1) is 10.5. The lowest BCUT2D eigenvalue weighted by molar-refractivity contribution is 0.122.